The van der Waals surface area contributed by atoms with Gasteiger partial charge in [-0.1, -0.05) is 30.1 Å². The van der Waals surface area contributed by atoms with Crippen LogP contribution in [0, 0.1) is 24.0 Å². The van der Waals surface area contributed by atoms with Crippen LogP contribution in [0.1, 0.15) is 17.0 Å². The van der Waals surface area contributed by atoms with Gasteiger partial charge in [0.15, 0.2) is 0 Å². The average molecular weight is 430 g/mol. The lowest BCUT2D eigenvalue weighted by Crippen LogP contribution is -2.27. The number of carbonyl (C=O) groups excluding carboxylic acids is 1. The summed E-state index contributed by atoms with van der Waals surface area (Å²) < 4.78 is 7.78. The van der Waals surface area contributed by atoms with Crippen molar-refractivity contribution in [3.8, 4) is 11.4 Å². The minimum absolute atomic E-state index is 0.0276. The summed E-state index contributed by atoms with van der Waals surface area (Å²) in [4.78, 5) is 25.4. The molecule has 2 aromatic rings. The second kappa shape index (κ2) is 8.22. The number of carbonyl (C=O) groups is 1. The van der Waals surface area contributed by atoms with Crippen LogP contribution in [0.2, 0.25) is 0 Å². The second-order valence-corrected chi connectivity index (χ2v) is 8.03. The minimum Gasteiger partial charge on any atom is -0.495 e. The third kappa shape index (κ3) is 3.83. The van der Waals surface area contributed by atoms with Crippen molar-refractivity contribution in [2.45, 2.75) is 13.8 Å². The van der Waals surface area contributed by atoms with Crippen LogP contribution in [0.4, 0.5) is 5.69 Å². The molecule has 0 saturated carbocycles. The summed E-state index contributed by atoms with van der Waals surface area (Å²) in [5.41, 5.74) is 3.05. The number of thiocarbonyl (C=S) groups is 1. The van der Waals surface area contributed by atoms with Crippen LogP contribution in [0.15, 0.2) is 41.8 Å². The van der Waals surface area contributed by atoms with Gasteiger partial charge in [0, 0.05) is 30.1 Å². The molecule has 1 saturated heterocycles. The van der Waals surface area contributed by atoms with Gasteiger partial charge in [0.1, 0.15) is 10.1 Å². The summed E-state index contributed by atoms with van der Waals surface area (Å²) in [6.07, 6.45) is 3.43. The highest BCUT2D eigenvalue weighted by atomic mass is 32.2. The van der Waals surface area contributed by atoms with E-state index in [4.69, 9.17) is 17.0 Å². The van der Waals surface area contributed by atoms with Gasteiger partial charge in [0.05, 0.1) is 22.6 Å². The van der Waals surface area contributed by atoms with Crippen LogP contribution >= 0.6 is 24.0 Å². The summed E-state index contributed by atoms with van der Waals surface area (Å²) in [6.45, 7) is 7.81. The van der Waals surface area contributed by atoms with Crippen molar-refractivity contribution >= 4 is 46.0 Å². The Hall–Kier alpha value is -2.91. The molecule has 0 atom stereocenters. The molecule has 1 amide bonds. The fraction of sp³-hybridized carbons (Fsp3) is 0.200. The highest BCUT2D eigenvalue weighted by Gasteiger charge is 2.31. The molecule has 1 aromatic carbocycles. The molecule has 9 heteroatoms. The first-order valence-corrected chi connectivity index (χ1v) is 9.89. The number of aryl methyl sites for hydroxylation is 1. The summed E-state index contributed by atoms with van der Waals surface area (Å²) >= 11 is 6.53. The van der Waals surface area contributed by atoms with Gasteiger partial charge in [-0.3, -0.25) is 19.8 Å². The van der Waals surface area contributed by atoms with E-state index < -0.39 is 4.92 Å². The molecule has 0 radical (unpaired) electrons. The molecule has 3 rings (SSSR count). The number of aromatic nitrogens is 1. The highest BCUT2D eigenvalue weighted by molar-refractivity contribution is 8.26. The molecule has 0 unspecified atom stereocenters. The zero-order valence-corrected chi connectivity index (χ0v) is 17.8. The second-order valence-electron chi connectivity index (χ2n) is 6.36. The fourth-order valence-electron chi connectivity index (χ4n) is 3.20. The molecule has 0 aliphatic carbocycles. The Morgan fingerprint density at radius 2 is 2.07 bits per heavy atom. The SMILES string of the molecule is C=CCN1C(=O)/C(=C/c2cc(C)n(-c3cc([N+](=O)[O-])ccc3OC)c2C)SC1=S. The van der Waals surface area contributed by atoms with Gasteiger partial charge in [-0.25, -0.2) is 0 Å². The van der Waals surface area contributed by atoms with E-state index in [2.05, 4.69) is 6.58 Å². The van der Waals surface area contributed by atoms with Crippen LogP contribution in [-0.2, 0) is 4.79 Å². The topological polar surface area (TPSA) is 77.6 Å². The summed E-state index contributed by atoms with van der Waals surface area (Å²) in [6, 6.07) is 6.38. The van der Waals surface area contributed by atoms with Crippen molar-refractivity contribution in [2.24, 2.45) is 0 Å². The Kier molecular flexibility index (Phi) is 5.90. The summed E-state index contributed by atoms with van der Waals surface area (Å²) in [5, 5.41) is 11.2. The minimum atomic E-state index is -0.442. The van der Waals surface area contributed by atoms with Gasteiger partial charge in [0.25, 0.3) is 11.6 Å². The van der Waals surface area contributed by atoms with Gasteiger partial charge in [-0.15, -0.1) is 6.58 Å². The van der Waals surface area contributed by atoms with E-state index in [1.165, 1.54) is 35.9 Å². The Morgan fingerprint density at radius 1 is 1.34 bits per heavy atom. The third-order valence-corrected chi connectivity index (χ3v) is 5.93. The van der Waals surface area contributed by atoms with Crippen LogP contribution in [0.5, 0.6) is 5.75 Å². The largest absolute Gasteiger partial charge is 0.495 e. The van der Waals surface area contributed by atoms with Crippen molar-refractivity contribution in [1.82, 2.24) is 9.47 Å². The van der Waals surface area contributed by atoms with Gasteiger partial charge < -0.3 is 9.30 Å². The lowest BCUT2D eigenvalue weighted by molar-refractivity contribution is -0.384. The maximum atomic E-state index is 12.6. The average Bonchev–Trinajstić information content (AvgIpc) is 3.11. The predicted molar refractivity (Wildman–Crippen MR) is 119 cm³/mol. The predicted octanol–water partition coefficient (Wildman–Crippen LogP) is 4.40. The number of ether oxygens (including phenoxy) is 1. The van der Waals surface area contributed by atoms with Crippen molar-refractivity contribution < 1.29 is 14.5 Å². The summed E-state index contributed by atoms with van der Waals surface area (Å²) in [7, 11) is 1.52. The number of thioether (sulfide) groups is 1. The Morgan fingerprint density at radius 3 is 2.69 bits per heavy atom. The number of amides is 1. The maximum absolute atomic E-state index is 12.6. The smallest absolute Gasteiger partial charge is 0.271 e. The molecule has 0 bridgehead atoms. The van der Waals surface area contributed by atoms with E-state index in [0.29, 0.717) is 27.2 Å². The number of rotatable bonds is 6. The maximum Gasteiger partial charge on any atom is 0.271 e. The van der Waals surface area contributed by atoms with Crippen LogP contribution in [-0.4, -0.2) is 38.3 Å². The van der Waals surface area contributed by atoms with Crippen LogP contribution < -0.4 is 4.74 Å². The van der Waals surface area contributed by atoms with E-state index >= 15 is 0 Å². The third-order valence-electron chi connectivity index (χ3n) is 4.56. The molecule has 7 nitrogen and oxygen atoms in total. The van der Waals surface area contributed by atoms with Crippen molar-refractivity contribution in [3.05, 3.63) is 68.9 Å². The monoisotopic (exact) mass is 429 g/mol. The normalized spacial score (nSPS) is 15.3. The summed E-state index contributed by atoms with van der Waals surface area (Å²) in [5.74, 6) is 0.360. The number of non-ortho nitro benzene ring substituents is 1. The first kappa shape index (κ1) is 20.8. The standard InChI is InChI=1S/C20H19N3O4S2/c1-5-8-21-19(24)18(29-20(21)28)10-14-9-12(2)22(13(14)3)16-11-15(23(25)26)6-7-17(16)27-4/h5-7,9-11H,1,8H2,2-4H3/b18-10-. The van der Waals surface area contributed by atoms with Crippen molar-refractivity contribution in [2.75, 3.05) is 13.7 Å². The first-order valence-electron chi connectivity index (χ1n) is 8.66. The molecule has 29 heavy (non-hydrogen) atoms. The van der Waals surface area contributed by atoms with E-state index in [1.54, 1.807) is 18.2 Å². The lowest BCUT2D eigenvalue weighted by atomic mass is 10.2. The number of methoxy groups -OCH3 is 1. The molecule has 150 valence electrons. The van der Waals surface area contributed by atoms with E-state index in [9.17, 15) is 14.9 Å². The Balaban J connectivity index is 2.08. The molecule has 1 aromatic heterocycles. The molecule has 1 aliphatic rings. The zero-order valence-electron chi connectivity index (χ0n) is 16.2. The lowest BCUT2D eigenvalue weighted by Gasteiger charge is -2.14. The van der Waals surface area contributed by atoms with Gasteiger partial charge in [-0.2, -0.15) is 0 Å². The van der Waals surface area contributed by atoms with Gasteiger partial charge >= 0.3 is 0 Å². The number of nitro benzene ring substituents is 1. The van der Waals surface area contributed by atoms with Crippen molar-refractivity contribution in [1.29, 1.82) is 0 Å². The Labute approximate surface area is 177 Å². The molecule has 1 fully saturated rings. The van der Waals surface area contributed by atoms with Crippen molar-refractivity contribution in [3.63, 3.8) is 0 Å². The quantitative estimate of drug-likeness (QED) is 0.223. The zero-order chi connectivity index (χ0) is 21.3. The van der Waals surface area contributed by atoms with E-state index in [-0.39, 0.29) is 11.6 Å². The fourth-order valence-corrected chi connectivity index (χ4v) is 4.46. The highest BCUT2D eigenvalue weighted by Crippen LogP contribution is 2.35. The molecule has 0 spiro atoms. The van der Waals surface area contributed by atoms with Crippen LogP contribution in [0.3, 0.4) is 0 Å². The first-order chi connectivity index (χ1) is 13.8. The molecular weight excluding hydrogens is 410 g/mol. The number of nitrogens with zero attached hydrogens (tertiary/aromatic N) is 3. The number of nitro groups is 1. The Bertz CT molecular complexity index is 1070. The van der Waals surface area contributed by atoms with Gasteiger partial charge in [0.2, 0.25) is 0 Å². The number of hydrogen-bond donors (Lipinski definition) is 0. The number of hydrogen-bond acceptors (Lipinski definition) is 6. The molecule has 2 heterocycles. The van der Waals surface area contributed by atoms with E-state index in [0.717, 1.165) is 17.0 Å². The number of benzene rings is 1. The van der Waals surface area contributed by atoms with Crippen LogP contribution in [0.25, 0.3) is 11.8 Å². The molecule has 0 N–H and O–H groups in total. The van der Waals surface area contributed by atoms with E-state index in [1.807, 2.05) is 24.5 Å². The molecular formula is C20H19N3O4S2. The van der Waals surface area contributed by atoms with Gasteiger partial charge in [-0.05, 0) is 37.6 Å². The molecule has 1 aliphatic heterocycles.